The van der Waals surface area contributed by atoms with E-state index < -0.39 is 5.82 Å². The molecular formula is C20H18ClFN2O2S. The van der Waals surface area contributed by atoms with Crippen LogP contribution in [-0.2, 0) is 4.79 Å². The molecule has 1 aliphatic rings. The van der Waals surface area contributed by atoms with Crippen LogP contribution in [0.1, 0.15) is 23.8 Å². The third-order valence-electron chi connectivity index (χ3n) is 4.68. The Balaban J connectivity index is 1.40. The number of fused-ring (bicyclic) bond motifs is 1. The molecule has 4 rings (SSSR count). The van der Waals surface area contributed by atoms with Crippen LogP contribution in [0.5, 0.6) is 5.75 Å². The predicted octanol–water partition coefficient (Wildman–Crippen LogP) is 4.87. The van der Waals surface area contributed by atoms with Crippen LogP contribution in [0.15, 0.2) is 42.5 Å². The summed E-state index contributed by atoms with van der Waals surface area (Å²) in [5.74, 6) is 0.0234. The summed E-state index contributed by atoms with van der Waals surface area (Å²) >= 11 is 7.64. The zero-order chi connectivity index (χ0) is 18.8. The zero-order valence-corrected chi connectivity index (χ0v) is 16.1. The number of hydrogen-bond acceptors (Lipinski definition) is 4. The number of carbonyl (C=O) groups excluding carboxylic acids is 1. The first-order chi connectivity index (χ1) is 13.1. The maximum Gasteiger partial charge on any atom is 0.260 e. The average Bonchev–Trinajstić information content (AvgIpc) is 3.11. The number of halogens is 2. The van der Waals surface area contributed by atoms with Crippen molar-refractivity contribution in [3.8, 4) is 5.75 Å². The number of benzene rings is 2. The number of para-hydroxylation sites is 1. The highest BCUT2D eigenvalue weighted by atomic mass is 35.5. The largest absolute Gasteiger partial charge is 0.482 e. The number of nitrogens with zero attached hydrogens (tertiary/aromatic N) is 2. The summed E-state index contributed by atoms with van der Waals surface area (Å²) in [6, 6.07) is 12.0. The number of likely N-dealkylation sites (tertiary alicyclic amines) is 1. The standard InChI is InChI=1S/C20H18ClFN2O2S/c21-15-10-14(22)7-8-17(15)26-12-19(25)24-9-3-4-13(11-24)20-23-16-5-1-2-6-18(16)27-20/h1-2,5-8,10,13H,3-4,9,11-12H2/t13-/m1/s1. The molecule has 1 amide bonds. The van der Waals surface area contributed by atoms with Crippen LogP contribution in [0.3, 0.4) is 0 Å². The number of rotatable bonds is 4. The lowest BCUT2D eigenvalue weighted by molar-refractivity contribution is -0.134. The highest BCUT2D eigenvalue weighted by Crippen LogP contribution is 2.33. The summed E-state index contributed by atoms with van der Waals surface area (Å²) in [4.78, 5) is 19.1. The Bertz CT molecular complexity index is 945. The van der Waals surface area contributed by atoms with E-state index in [1.54, 1.807) is 11.3 Å². The van der Waals surface area contributed by atoms with E-state index in [1.165, 1.54) is 22.9 Å². The molecule has 2 aromatic carbocycles. The van der Waals surface area contributed by atoms with Crippen molar-refractivity contribution in [3.05, 3.63) is 58.3 Å². The molecule has 1 fully saturated rings. The lowest BCUT2D eigenvalue weighted by atomic mass is 9.99. The van der Waals surface area contributed by atoms with Crippen LogP contribution >= 0.6 is 22.9 Å². The van der Waals surface area contributed by atoms with Crippen molar-refractivity contribution in [3.63, 3.8) is 0 Å². The first-order valence-corrected chi connectivity index (χ1v) is 10.0. The number of carbonyl (C=O) groups is 1. The van der Waals surface area contributed by atoms with Gasteiger partial charge in [0.2, 0.25) is 0 Å². The fourth-order valence-electron chi connectivity index (χ4n) is 3.29. The Hall–Kier alpha value is -2.18. The first kappa shape index (κ1) is 18.2. The minimum absolute atomic E-state index is 0.0961. The van der Waals surface area contributed by atoms with Gasteiger partial charge >= 0.3 is 0 Å². The third-order valence-corrected chi connectivity index (χ3v) is 6.17. The highest BCUT2D eigenvalue weighted by Gasteiger charge is 2.27. The van der Waals surface area contributed by atoms with Gasteiger partial charge in [-0.15, -0.1) is 11.3 Å². The van der Waals surface area contributed by atoms with Crippen LogP contribution in [0.25, 0.3) is 10.2 Å². The smallest absolute Gasteiger partial charge is 0.260 e. The van der Waals surface area contributed by atoms with E-state index in [2.05, 4.69) is 6.07 Å². The fourth-order valence-corrected chi connectivity index (χ4v) is 4.61. The molecule has 1 atom stereocenters. The van der Waals surface area contributed by atoms with E-state index in [9.17, 15) is 9.18 Å². The summed E-state index contributed by atoms with van der Waals surface area (Å²) in [6.07, 6.45) is 1.96. The van der Waals surface area contributed by atoms with E-state index in [0.29, 0.717) is 18.8 Å². The summed E-state index contributed by atoms with van der Waals surface area (Å²) in [6.45, 7) is 1.23. The van der Waals surface area contributed by atoms with Gasteiger partial charge in [0, 0.05) is 19.0 Å². The van der Waals surface area contributed by atoms with E-state index in [-0.39, 0.29) is 23.5 Å². The van der Waals surface area contributed by atoms with Gasteiger partial charge in [0.15, 0.2) is 6.61 Å². The predicted molar refractivity (Wildman–Crippen MR) is 105 cm³/mol. The monoisotopic (exact) mass is 404 g/mol. The van der Waals surface area contributed by atoms with E-state index in [1.807, 2.05) is 23.1 Å². The number of ether oxygens (including phenoxy) is 1. The average molecular weight is 405 g/mol. The van der Waals surface area contributed by atoms with Crippen molar-refractivity contribution in [2.75, 3.05) is 19.7 Å². The molecule has 2 heterocycles. The van der Waals surface area contributed by atoms with E-state index >= 15 is 0 Å². The Morgan fingerprint density at radius 3 is 3.00 bits per heavy atom. The highest BCUT2D eigenvalue weighted by molar-refractivity contribution is 7.18. The lowest BCUT2D eigenvalue weighted by Gasteiger charge is -2.31. The van der Waals surface area contributed by atoms with Crippen molar-refractivity contribution in [1.82, 2.24) is 9.88 Å². The first-order valence-electron chi connectivity index (χ1n) is 8.81. The molecule has 140 valence electrons. The third kappa shape index (κ3) is 4.06. The Morgan fingerprint density at radius 2 is 2.19 bits per heavy atom. The molecule has 0 saturated carbocycles. The fraction of sp³-hybridized carbons (Fsp3) is 0.300. The molecule has 0 spiro atoms. The molecule has 0 radical (unpaired) electrons. The number of amides is 1. The van der Waals surface area contributed by atoms with Crippen LogP contribution in [-0.4, -0.2) is 35.5 Å². The van der Waals surface area contributed by atoms with Gasteiger partial charge in [0.05, 0.1) is 20.2 Å². The maximum absolute atomic E-state index is 13.1. The van der Waals surface area contributed by atoms with Crippen LogP contribution in [0.4, 0.5) is 4.39 Å². The van der Waals surface area contributed by atoms with Gasteiger partial charge in [-0.25, -0.2) is 9.37 Å². The Morgan fingerprint density at radius 1 is 1.33 bits per heavy atom. The van der Waals surface area contributed by atoms with Gasteiger partial charge in [-0.05, 0) is 43.2 Å². The topological polar surface area (TPSA) is 42.4 Å². The zero-order valence-electron chi connectivity index (χ0n) is 14.5. The molecule has 0 unspecified atom stereocenters. The van der Waals surface area contributed by atoms with Gasteiger partial charge < -0.3 is 9.64 Å². The summed E-state index contributed by atoms with van der Waals surface area (Å²) in [7, 11) is 0. The van der Waals surface area contributed by atoms with Crippen molar-refractivity contribution in [2.24, 2.45) is 0 Å². The minimum atomic E-state index is -0.437. The summed E-state index contributed by atoms with van der Waals surface area (Å²) in [5.41, 5.74) is 1.01. The van der Waals surface area contributed by atoms with Gasteiger partial charge in [0.25, 0.3) is 5.91 Å². The van der Waals surface area contributed by atoms with Gasteiger partial charge in [-0.1, -0.05) is 23.7 Å². The van der Waals surface area contributed by atoms with Crippen molar-refractivity contribution in [1.29, 1.82) is 0 Å². The second-order valence-electron chi connectivity index (χ2n) is 6.56. The van der Waals surface area contributed by atoms with E-state index in [4.69, 9.17) is 21.3 Å². The summed E-state index contributed by atoms with van der Waals surface area (Å²) < 4.78 is 19.8. The normalized spacial score (nSPS) is 17.3. The van der Waals surface area contributed by atoms with Gasteiger partial charge in [0.1, 0.15) is 11.6 Å². The molecule has 0 bridgehead atoms. The van der Waals surface area contributed by atoms with Crippen LogP contribution in [0, 0.1) is 5.82 Å². The minimum Gasteiger partial charge on any atom is -0.482 e. The lowest BCUT2D eigenvalue weighted by Crippen LogP contribution is -2.41. The van der Waals surface area contributed by atoms with Crippen LogP contribution in [0.2, 0.25) is 5.02 Å². The second-order valence-corrected chi connectivity index (χ2v) is 8.03. The van der Waals surface area contributed by atoms with Gasteiger partial charge in [-0.2, -0.15) is 0 Å². The molecule has 1 aliphatic heterocycles. The molecule has 0 aliphatic carbocycles. The number of piperidine rings is 1. The number of thiazole rings is 1. The Labute approximate surface area is 165 Å². The Kier molecular flexibility index (Phi) is 5.27. The molecule has 7 heteroatoms. The quantitative estimate of drug-likeness (QED) is 0.622. The summed E-state index contributed by atoms with van der Waals surface area (Å²) in [5, 5.41) is 1.24. The second kappa shape index (κ2) is 7.82. The molecule has 0 N–H and O–H groups in total. The van der Waals surface area contributed by atoms with Crippen molar-refractivity contribution < 1.29 is 13.9 Å². The maximum atomic E-state index is 13.1. The SMILES string of the molecule is O=C(COc1ccc(F)cc1Cl)N1CCC[C@@H](c2nc3ccccc3s2)C1. The van der Waals surface area contributed by atoms with Gasteiger partial charge in [-0.3, -0.25) is 4.79 Å². The van der Waals surface area contributed by atoms with Crippen molar-refractivity contribution in [2.45, 2.75) is 18.8 Å². The van der Waals surface area contributed by atoms with Crippen LogP contribution < -0.4 is 4.74 Å². The molecular weight excluding hydrogens is 387 g/mol. The number of aromatic nitrogens is 1. The molecule has 27 heavy (non-hydrogen) atoms. The number of hydrogen-bond donors (Lipinski definition) is 0. The molecule has 3 aromatic rings. The van der Waals surface area contributed by atoms with E-state index in [0.717, 1.165) is 23.4 Å². The molecule has 1 aromatic heterocycles. The molecule has 4 nitrogen and oxygen atoms in total. The molecule has 1 saturated heterocycles. The van der Waals surface area contributed by atoms with Crippen molar-refractivity contribution >= 4 is 39.1 Å².